The highest BCUT2D eigenvalue weighted by molar-refractivity contribution is 9.10. The van der Waals surface area contributed by atoms with Crippen molar-refractivity contribution in [3.8, 4) is 0 Å². The Morgan fingerprint density at radius 1 is 1.37 bits per heavy atom. The number of anilines is 1. The van der Waals surface area contributed by atoms with Gasteiger partial charge in [-0.25, -0.2) is 4.79 Å². The molecule has 1 aromatic carbocycles. The minimum absolute atomic E-state index is 0.202. The first-order valence-corrected chi connectivity index (χ1v) is 7.40. The van der Waals surface area contributed by atoms with Crippen molar-refractivity contribution in [2.45, 2.75) is 46.1 Å². The maximum atomic E-state index is 11.8. The van der Waals surface area contributed by atoms with Crippen LogP contribution in [0.25, 0.3) is 0 Å². The lowest BCUT2D eigenvalue weighted by Gasteiger charge is -2.18. The van der Waals surface area contributed by atoms with Gasteiger partial charge in [0.15, 0.2) is 0 Å². The normalized spacial score (nSPS) is 12.1. The second kappa shape index (κ2) is 7.53. The van der Waals surface area contributed by atoms with Crippen LogP contribution >= 0.6 is 15.9 Å². The molecule has 0 heterocycles. The molecule has 0 aliphatic heterocycles. The molecule has 0 spiro atoms. The van der Waals surface area contributed by atoms with E-state index in [1.165, 1.54) is 7.11 Å². The van der Waals surface area contributed by atoms with E-state index < -0.39 is 0 Å². The predicted molar refractivity (Wildman–Crippen MR) is 82.6 cm³/mol. The van der Waals surface area contributed by atoms with Gasteiger partial charge in [0, 0.05) is 10.2 Å². The third-order valence-corrected chi connectivity index (χ3v) is 4.36. The topological polar surface area (TPSA) is 38.3 Å². The highest BCUT2D eigenvalue weighted by atomic mass is 79.9. The molecule has 106 valence electrons. The zero-order valence-electron chi connectivity index (χ0n) is 12.0. The number of hydrogen-bond acceptors (Lipinski definition) is 3. The Hall–Kier alpha value is -1.03. The molecule has 1 atom stereocenters. The van der Waals surface area contributed by atoms with Crippen molar-refractivity contribution >= 4 is 27.6 Å². The molecule has 0 radical (unpaired) electrons. The highest BCUT2D eigenvalue weighted by Gasteiger charge is 2.18. The van der Waals surface area contributed by atoms with Gasteiger partial charge in [-0.2, -0.15) is 0 Å². The Morgan fingerprint density at radius 3 is 2.42 bits per heavy atom. The van der Waals surface area contributed by atoms with Gasteiger partial charge < -0.3 is 10.1 Å². The fourth-order valence-electron chi connectivity index (χ4n) is 2.03. The summed E-state index contributed by atoms with van der Waals surface area (Å²) in [5.74, 6) is -0.202. The van der Waals surface area contributed by atoms with Gasteiger partial charge in [0.05, 0.1) is 7.11 Å². The van der Waals surface area contributed by atoms with Crippen LogP contribution in [0.15, 0.2) is 16.6 Å². The van der Waals surface area contributed by atoms with Gasteiger partial charge >= 0.3 is 5.97 Å². The van der Waals surface area contributed by atoms with Crippen LogP contribution in [-0.2, 0) is 9.53 Å². The summed E-state index contributed by atoms with van der Waals surface area (Å²) in [6, 6.07) is 3.81. The van der Waals surface area contributed by atoms with Gasteiger partial charge in [0.2, 0.25) is 0 Å². The average Bonchev–Trinajstić information content (AvgIpc) is 2.39. The molecule has 0 fully saturated rings. The summed E-state index contributed by atoms with van der Waals surface area (Å²) < 4.78 is 5.97. The van der Waals surface area contributed by atoms with Crippen LogP contribution in [-0.4, -0.2) is 19.1 Å². The van der Waals surface area contributed by atoms with Crippen molar-refractivity contribution in [3.05, 3.63) is 27.7 Å². The van der Waals surface area contributed by atoms with Crippen LogP contribution in [0.5, 0.6) is 0 Å². The molecule has 3 nitrogen and oxygen atoms in total. The number of carbonyl (C=O) groups is 1. The minimum atomic E-state index is -0.273. The molecule has 0 bridgehead atoms. The van der Waals surface area contributed by atoms with Crippen LogP contribution in [0.4, 0.5) is 5.69 Å². The lowest BCUT2D eigenvalue weighted by atomic mass is 10.1. The minimum Gasteiger partial charge on any atom is -0.467 e. The number of hydrogen-bond donors (Lipinski definition) is 1. The number of ether oxygens (including phenoxy) is 1. The van der Waals surface area contributed by atoms with Crippen molar-refractivity contribution < 1.29 is 9.53 Å². The quantitative estimate of drug-likeness (QED) is 0.795. The Kier molecular flexibility index (Phi) is 6.35. The van der Waals surface area contributed by atoms with Crippen molar-refractivity contribution in [1.82, 2.24) is 0 Å². The Labute approximate surface area is 123 Å². The molecule has 4 heteroatoms. The number of aryl methyl sites for hydroxylation is 2. The summed E-state index contributed by atoms with van der Waals surface area (Å²) in [5, 5.41) is 3.28. The predicted octanol–water partition coefficient (Wildman–Crippen LogP) is 4.21. The van der Waals surface area contributed by atoms with Crippen molar-refractivity contribution in [3.63, 3.8) is 0 Å². The Balaban J connectivity index is 2.86. The van der Waals surface area contributed by atoms with E-state index in [9.17, 15) is 4.79 Å². The first kappa shape index (κ1) is 16.0. The van der Waals surface area contributed by atoms with Gasteiger partial charge in [-0.15, -0.1) is 0 Å². The SMILES string of the molecule is CCCCC(Nc1cc(C)c(Br)c(C)c1)C(=O)OC. The molecule has 1 rings (SSSR count). The van der Waals surface area contributed by atoms with E-state index >= 15 is 0 Å². The van der Waals surface area contributed by atoms with Crippen molar-refractivity contribution in [1.29, 1.82) is 0 Å². The van der Waals surface area contributed by atoms with E-state index in [-0.39, 0.29) is 12.0 Å². The first-order chi connectivity index (χ1) is 8.99. The average molecular weight is 328 g/mol. The number of nitrogens with one attached hydrogen (secondary N) is 1. The molecule has 0 aliphatic rings. The lowest BCUT2D eigenvalue weighted by molar-refractivity contribution is -0.141. The fraction of sp³-hybridized carbons (Fsp3) is 0.533. The summed E-state index contributed by atoms with van der Waals surface area (Å²) in [4.78, 5) is 11.8. The number of halogens is 1. The van der Waals surface area contributed by atoms with Gasteiger partial charge in [-0.3, -0.25) is 0 Å². The van der Waals surface area contributed by atoms with E-state index in [0.717, 1.165) is 40.5 Å². The smallest absolute Gasteiger partial charge is 0.328 e. The third kappa shape index (κ3) is 4.53. The molecule has 1 N–H and O–H groups in total. The molecule has 1 unspecified atom stereocenters. The maximum absolute atomic E-state index is 11.8. The third-order valence-electron chi connectivity index (χ3n) is 3.11. The summed E-state index contributed by atoms with van der Waals surface area (Å²) in [5.41, 5.74) is 3.27. The number of benzene rings is 1. The molecular formula is C15H22BrNO2. The molecule has 0 saturated carbocycles. The van der Waals surface area contributed by atoms with Gasteiger partial charge in [0.25, 0.3) is 0 Å². The number of rotatable bonds is 6. The first-order valence-electron chi connectivity index (χ1n) is 6.60. The molecule has 0 aromatic heterocycles. The number of carbonyl (C=O) groups excluding carboxylic acids is 1. The van der Waals surface area contributed by atoms with Gasteiger partial charge in [0.1, 0.15) is 6.04 Å². The van der Waals surface area contributed by atoms with Crippen LogP contribution in [0.2, 0.25) is 0 Å². The Bertz CT molecular complexity index is 423. The summed E-state index contributed by atoms with van der Waals surface area (Å²) in [6.07, 6.45) is 2.85. The van der Waals surface area contributed by atoms with Crippen LogP contribution in [0.1, 0.15) is 37.3 Å². The van der Waals surface area contributed by atoms with Crippen LogP contribution in [0.3, 0.4) is 0 Å². The maximum Gasteiger partial charge on any atom is 0.328 e. The number of methoxy groups -OCH3 is 1. The molecule has 1 aromatic rings. The molecule has 0 aliphatic carbocycles. The van der Waals surface area contributed by atoms with Crippen molar-refractivity contribution in [2.75, 3.05) is 12.4 Å². The van der Waals surface area contributed by atoms with E-state index in [0.29, 0.717) is 0 Å². The second-order valence-corrected chi connectivity index (χ2v) is 5.58. The zero-order valence-corrected chi connectivity index (χ0v) is 13.6. The number of esters is 1. The zero-order chi connectivity index (χ0) is 14.4. The van der Waals surface area contributed by atoms with Gasteiger partial charge in [-0.1, -0.05) is 35.7 Å². The largest absolute Gasteiger partial charge is 0.467 e. The van der Waals surface area contributed by atoms with E-state index in [2.05, 4.69) is 28.2 Å². The van der Waals surface area contributed by atoms with Gasteiger partial charge in [-0.05, 0) is 43.5 Å². The summed E-state index contributed by atoms with van der Waals surface area (Å²) >= 11 is 3.54. The van der Waals surface area contributed by atoms with E-state index in [1.54, 1.807) is 0 Å². The standard InChI is InChI=1S/C15H22BrNO2/c1-5-6-7-13(15(18)19-4)17-12-8-10(2)14(16)11(3)9-12/h8-9,13,17H,5-7H2,1-4H3. The summed E-state index contributed by atoms with van der Waals surface area (Å²) in [7, 11) is 1.43. The molecule has 0 amide bonds. The Morgan fingerprint density at radius 2 is 1.95 bits per heavy atom. The molecular weight excluding hydrogens is 306 g/mol. The van der Waals surface area contributed by atoms with Crippen LogP contribution < -0.4 is 5.32 Å². The molecule has 19 heavy (non-hydrogen) atoms. The summed E-state index contributed by atoms with van der Waals surface area (Å²) in [6.45, 7) is 6.20. The molecule has 0 saturated heterocycles. The fourth-order valence-corrected chi connectivity index (χ4v) is 2.26. The highest BCUT2D eigenvalue weighted by Crippen LogP contribution is 2.25. The van der Waals surface area contributed by atoms with E-state index in [4.69, 9.17) is 4.74 Å². The second-order valence-electron chi connectivity index (χ2n) is 4.79. The lowest BCUT2D eigenvalue weighted by Crippen LogP contribution is -2.30. The van der Waals surface area contributed by atoms with E-state index in [1.807, 2.05) is 26.0 Å². The monoisotopic (exact) mass is 327 g/mol. The van der Waals surface area contributed by atoms with Crippen molar-refractivity contribution in [2.24, 2.45) is 0 Å². The van der Waals surface area contributed by atoms with Crippen LogP contribution in [0, 0.1) is 13.8 Å². The number of unbranched alkanes of at least 4 members (excludes halogenated alkanes) is 1.